The van der Waals surface area contributed by atoms with Crippen molar-refractivity contribution in [1.82, 2.24) is 15.3 Å². The molecule has 1 fully saturated rings. The highest BCUT2D eigenvalue weighted by atomic mass is 19.1. The molecule has 5 heteroatoms. The largest absolute Gasteiger partial charge is 0.477 e. The summed E-state index contributed by atoms with van der Waals surface area (Å²) in [6.45, 7) is 2.39. The SMILES string of the molecule is Fc1cccc(CCOc2nc(C3CC3)nc3c2CCNCC3)c1. The molecule has 1 aromatic heterocycles. The Morgan fingerprint density at radius 3 is 2.88 bits per heavy atom. The molecule has 1 N–H and O–H groups in total. The summed E-state index contributed by atoms with van der Waals surface area (Å²) in [5.74, 6) is 1.99. The summed E-state index contributed by atoms with van der Waals surface area (Å²) in [6.07, 6.45) is 4.86. The zero-order chi connectivity index (χ0) is 16.4. The van der Waals surface area contributed by atoms with Gasteiger partial charge in [0.2, 0.25) is 5.88 Å². The first-order valence-electron chi connectivity index (χ1n) is 8.77. The number of aromatic nitrogens is 2. The fourth-order valence-corrected chi connectivity index (χ4v) is 3.13. The van der Waals surface area contributed by atoms with Gasteiger partial charge < -0.3 is 10.1 Å². The van der Waals surface area contributed by atoms with E-state index in [2.05, 4.69) is 5.32 Å². The number of hydrogen-bond donors (Lipinski definition) is 1. The van der Waals surface area contributed by atoms with Crippen molar-refractivity contribution in [1.29, 1.82) is 0 Å². The van der Waals surface area contributed by atoms with Crippen LogP contribution in [0.25, 0.3) is 0 Å². The van der Waals surface area contributed by atoms with Crippen LogP contribution in [0.15, 0.2) is 24.3 Å². The first-order chi connectivity index (χ1) is 11.8. The lowest BCUT2D eigenvalue weighted by Gasteiger charge is -2.14. The van der Waals surface area contributed by atoms with E-state index in [0.29, 0.717) is 18.9 Å². The van der Waals surface area contributed by atoms with Gasteiger partial charge in [0.1, 0.15) is 11.6 Å². The van der Waals surface area contributed by atoms with Gasteiger partial charge in [0, 0.05) is 30.9 Å². The van der Waals surface area contributed by atoms with Crippen LogP contribution < -0.4 is 10.1 Å². The Morgan fingerprint density at radius 1 is 1.17 bits per heavy atom. The van der Waals surface area contributed by atoms with Crippen molar-refractivity contribution in [3.63, 3.8) is 0 Å². The fourth-order valence-electron chi connectivity index (χ4n) is 3.13. The van der Waals surface area contributed by atoms with Crippen molar-refractivity contribution < 1.29 is 9.13 Å². The van der Waals surface area contributed by atoms with Gasteiger partial charge in [0.05, 0.1) is 12.3 Å². The molecular weight excluding hydrogens is 305 g/mol. The van der Waals surface area contributed by atoms with E-state index in [1.807, 2.05) is 6.07 Å². The van der Waals surface area contributed by atoms with E-state index in [1.165, 1.54) is 18.9 Å². The summed E-state index contributed by atoms with van der Waals surface area (Å²) in [5.41, 5.74) is 3.22. The molecule has 0 spiro atoms. The smallest absolute Gasteiger partial charge is 0.220 e. The molecule has 2 heterocycles. The van der Waals surface area contributed by atoms with Crippen molar-refractivity contribution in [3.05, 3.63) is 52.7 Å². The Morgan fingerprint density at radius 2 is 2.04 bits per heavy atom. The van der Waals surface area contributed by atoms with Crippen LogP contribution in [0.1, 0.15) is 41.4 Å². The number of nitrogens with zero attached hydrogens (tertiary/aromatic N) is 2. The highest BCUT2D eigenvalue weighted by Gasteiger charge is 2.29. The lowest BCUT2D eigenvalue weighted by molar-refractivity contribution is 0.303. The third-order valence-electron chi connectivity index (χ3n) is 4.62. The Kier molecular flexibility index (Phi) is 4.43. The van der Waals surface area contributed by atoms with E-state index in [0.717, 1.165) is 54.5 Å². The summed E-state index contributed by atoms with van der Waals surface area (Å²) >= 11 is 0. The van der Waals surface area contributed by atoms with Crippen molar-refractivity contribution in [2.75, 3.05) is 19.7 Å². The summed E-state index contributed by atoms with van der Waals surface area (Å²) in [5, 5.41) is 3.41. The summed E-state index contributed by atoms with van der Waals surface area (Å²) in [6, 6.07) is 6.68. The maximum Gasteiger partial charge on any atom is 0.220 e. The first kappa shape index (κ1) is 15.5. The normalized spacial score (nSPS) is 17.2. The van der Waals surface area contributed by atoms with Gasteiger partial charge >= 0.3 is 0 Å². The van der Waals surface area contributed by atoms with Gasteiger partial charge in [-0.2, -0.15) is 4.98 Å². The van der Waals surface area contributed by atoms with E-state index in [1.54, 1.807) is 12.1 Å². The van der Waals surface area contributed by atoms with Gasteiger partial charge in [-0.15, -0.1) is 0 Å². The van der Waals surface area contributed by atoms with Crippen molar-refractivity contribution in [3.8, 4) is 5.88 Å². The molecule has 1 aliphatic heterocycles. The van der Waals surface area contributed by atoms with Crippen molar-refractivity contribution >= 4 is 0 Å². The number of nitrogens with one attached hydrogen (secondary N) is 1. The number of rotatable bonds is 5. The van der Waals surface area contributed by atoms with Gasteiger partial charge in [0.25, 0.3) is 0 Å². The van der Waals surface area contributed by atoms with Crippen LogP contribution in [0.2, 0.25) is 0 Å². The topological polar surface area (TPSA) is 47.0 Å². The van der Waals surface area contributed by atoms with Gasteiger partial charge in [-0.25, -0.2) is 9.37 Å². The lowest BCUT2D eigenvalue weighted by Crippen LogP contribution is -2.16. The zero-order valence-corrected chi connectivity index (χ0v) is 13.7. The van der Waals surface area contributed by atoms with Crippen LogP contribution in [-0.2, 0) is 19.3 Å². The van der Waals surface area contributed by atoms with Crippen molar-refractivity contribution in [2.24, 2.45) is 0 Å². The standard InChI is InChI=1S/C19H22FN3O/c20-15-3-1-2-13(12-15)8-11-24-19-16-6-9-21-10-7-17(16)22-18(23-19)14-4-5-14/h1-3,12,14,21H,4-11H2. The van der Waals surface area contributed by atoms with Gasteiger partial charge in [-0.05, 0) is 43.5 Å². The predicted octanol–water partition coefficient (Wildman–Crippen LogP) is 2.80. The molecule has 4 nitrogen and oxygen atoms in total. The van der Waals surface area contributed by atoms with E-state index in [9.17, 15) is 4.39 Å². The number of hydrogen-bond acceptors (Lipinski definition) is 4. The minimum atomic E-state index is -0.203. The highest BCUT2D eigenvalue weighted by Crippen LogP contribution is 2.39. The molecular formula is C19H22FN3O. The van der Waals surface area contributed by atoms with Gasteiger partial charge in [-0.3, -0.25) is 0 Å². The Bertz CT molecular complexity index is 731. The van der Waals surface area contributed by atoms with E-state index < -0.39 is 0 Å². The van der Waals surface area contributed by atoms with Crippen LogP contribution in [0.5, 0.6) is 5.88 Å². The Hall–Kier alpha value is -2.01. The summed E-state index contributed by atoms with van der Waals surface area (Å²) < 4.78 is 19.3. The van der Waals surface area contributed by atoms with Crippen molar-refractivity contribution in [2.45, 2.75) is 38.0 Å². The second-order valence-corrected chi connectivity index (χ2v) is 6.56. The van der Waals surface area contributed by atoms with E-state index >= 15 is 0 Å². The second-order valence-electron chi connectivity index (χ2n) is 6.56. The number of fused-ring (bicyclic) bond motifs is 1. The molecule has 0 amide bonds. The molecule has 126 valence electrons. The average molecular weight is 327 g/mol. The molecule has 2 aliphatic rings. The van der Waals surface area contributed by atoms with Crippen LogP contribution in [0.4, 0.5) is 4.39 Å². The average Bonchev–Trinajstić information content (AvgIpc) is 3.41. The molecule has 1 aromatic carbocycles. The maximum absolute atomic E-state index is 13.3. The predicted molar refractivity (Wildman–Crippen MR) is 89.9 cm³/mol. The second kappa shape index (κ2) is 6.85. The molecule has 1 saturated carbocycles. The van der Waals surface area contributed by atoms with Gasteiger partial charge in [-0.1, -0.05) is 12.1 Å². The number of ether oxygens (including phenoxy) is 1. The summed E-state index contributed by atoms with van der Waals surface area (Å²) in [7, 11) is 0. The van der Waals surface area contributed by atoms with Gasteiger partial charge in [0.15, 0.2) is 0 Å². The van der Waals surface area contributed by atoms with Crippen LogP contribution in [-0.4, -0.2) is 29.7 Å². The number of halogens is 1. The third kappa shape index (κ3) is 3.56. The first-order valence-corrected chi connectivity index (χ1v) is 8.77. The van der Waals surface area contributed by atoms with E-state index in [-0.39, 0.29) is 5.82 Å². The molecule has 1 aliphatic carbocycles. The quantitative estimate of drug-likeness (QED) is 0.917. The van der Waals surface area contributed by atoms with Crippen LogP contribution >= 0.6 is 0 Å². The molecule has 0 radical (unpaired) electrons. The molecule has 0 saturated heterocycles. The Labute approximate surface area is 141 Å². The maximum atomic E-state index is 13.3. The zero-order valence-electron chi connectivity index (χ0n) is 13.7. The lowest BCUT2D eigenvalue weighted by atomic mass is 10.1. The van der Waals surface area contributed by atoms with E-state index in [4.69, 9.17) is 14.7 Å². The monoisotopic (exact) mass is 327 g/mol. The Balaban J connectivity index is 1.51. The molecule has 0 unspecified atom stereocenters. The number of benzene rings is 1. The fraction of sp³-hybridized carbons (Fsp3) is 0.474. The van der Waals surface area contributed by atoms with Crippen LogP contribution in [0.3, 0.4) is 0 Å². The molecule has 4 rings (SSSR count). The molecule has 24 heavy (non-hydrogen) atoms. The third-order valence-corrected chi connectivity index (χ3v) is 4.62. The molecule has 0 bridgehead atoms. The minimum absolute atomic E-state index is 0.203. The molecule has 0 atom stereocenters. The molecule has 2 aromatic rings. The van der Waals surface area contributed by atoms with Crippen LogP contribution in [0, 0.1) is 5.82 Å². The minimum Gasteiger partial charge on any atom is -0.477 e. The highest BCUT2D eigenvalue weighted by molar-refractivity contribution is 5.34. The summed E-state index contributed by atoms with van der Waals surface area (Å²) in [4.78, 5) is 9.50.